The van der Waals surface area contributed by atoms with E-state index in [4.69, 9.17) is 10.5 Å². The maximum Gasteiger partial charge on any atom is 0.242 e. The van der Waals surface area contributed by atoms with Crippen LogP contribution < -0.4 is 16.4 Å². The van der Waals surface area contributed by atoms with Crippen LogP contribution in [0, 0.1) is 0 Å². The maximum atomic E-state index is 12.0. The van der Waals surface area contributed by atoms with Crippen LogP contribution in [0.2, 0.25) is 0 Å². The van der Waals surface area contributed by atoms with Gasteiger partial charge in [0, 0.05) is 19.2 Å². The number of amides is 2. The van der Waals surface area contributed by atoms with E-state index in [0.717, 1.165) is 24.3 Å². The largest absolute Gasteiger partial charge is 0.374 e. The summed E-state index contributed by atoms with van der Waals surface area (Å²) in [5.41, 5.74) is 6.35. The third-order valence-corrected chi connectivity index (χ3v) is 3.88. The number of primary amides is 1. The Bertz CT molecular complexity index is 695. The van der Waals surface area contributed by atoms with E-state index in [1.54, 1.807) is 6.20 Å². The predicted octanol–water partition coefficient (Wildman–Crippen LogP) is 1.85. The summed E-state index contributed by atoms with van der Waals surface area (Å²) in [6, 6.07) is 14.4. The number of benzene rings is 1. The molecule has 7 nitrogen and oxygen atoms in total. The average Bonchev–Trinajstić information content (AvgIpc) is 2.68. The minimum atomic E-state index is -0.826. The number of hydrogen-bond acceptors (Lipinski definition) is 5. The molecule has 2 aromatic rings. The highest BCUT2D eigenvalue weighted by molar-refractivity contribution is 5.86. The minimum Gasteiger partial charge on any atom is -0.374 e. The number of ether oxygens (including phenoxy) is 1. The molecule has 2 rings (SSSR count). The molecule has 0 aliphatic rings. The Balaban J connectivity index is 1.61. The van der Waals surface area contributed by atoms with Gasteiger partial charge < -0.3 is 21.1 Å². The first kappa shape index (κ1) is 20.4. The van der Waals surface area contributed by atoms with Crippen molar-refractivity contribution in [3.05, 3.63) is 60.3 Å². The summed E-state index contributed by atoms with van der Waals surface area (Å²) in [4.78, 5) is 27.7. The molecule has 7 heteroatoms. The van der Waals surface area contributed by atoms with Gasteiger partial charge in [0.05, 0.1) is 13.2 Å². The lowest BCUT2D eigenvalue weighted by atomic mass is 10.2. The van der Waals surface area contributed by atoms with Crippen molar-refractivity contribution in [3.63, 3.8) is 0 Å². The molecule has 1 aromatic carbocycles. The number of nitrogens with zero attached hydrogens (tertiary/aromatic N) is 1. The second-order valence-electron chi connectivity index (χ2n) is 6.12. The van der Waals surface area contributed by atoms with E-state index in [-0.39, 0.29) is 12.5 Å². The molecular weight excluding hydrogens is 344 g/mol. The van der Waals surface area contributed by atoms with Crippen molar-refractivity contribution in [2.75, 3.05) is 18.5 Å². The summed E-state index contributed by atoms with van der Waals surface area (Å²) in [5, 5.41) is 5.82. The zero-order valence-electron chi connectivity index (χ0n) is 15.3. The SMILES string of the molecule is NC(=O)[C@H](COCc1ccccc1)NC(=O)CCCCNc1ccccn1. The van der Waals surface area contributed by atoms with E-state index < -0.39 is 11.9 Å². The fourth-order valence-electron chi connectivity index (χ4n) is 2.42. The lowest BCUT2D eigenvalue weighted by molar-refractivity contribution is -0.129. The van der Waals surface area contributed by atoms with Gasteiger partial charge in [0.15, 0.2) is 0 Å². The van der Waals surface area contributed by atoms with Crippen molar-refractivity contribution in [2.24, 2.45) is 5.73 Å². The van der Waals surface area contributed by atoms with Crippen LogP contribution in [0.4, 0.5) is 5.82 Å². The number of nitrogens with one attached hydrogen (secondary N) is 2. The molecular formula is C20H26N4O3. The van der Waals surface area contributed by atoms with Gasteiger partial charge in [-0.25, -0.2) is 4.98 Å². The van der Waals surface area contributed by atoms with Crippen LogP contribution in [0.3, 0.4) is 0 Å². The predicted molar refractivity (Wildman–Crippen MR) is 104 cm³/mol. The molecule has 0 saturated carbocycles. The van der Waals surface area contributed by atoms with Gasteiger partial charge in [0.25, 0.3) is 0 Å². The fraction of sp³-hybridized carbons (Fsp3) is 0.350. The number of pyridine rings is 1. The van der Waals surface area contributed by atoms with Gasteiger partial charge in [-0.15, -0.1) is 0 Å². The van der Waals surface area contributed by atoms with Crippen molar-refractivity contribution < 1.29 is 14.3 Å². The number of nitrogens with two attached hydrogens (primary N) is 1. The third kappa shape index (κ3) is 8.33. The summed E-state index contributed by atoms with van der Waals surface area (Å²) < 4.78 is 5.50. The molecule has 0 aliphatic heterocycles. The van der Waals surface area contributed by atoms with Gasteiger partial charge >= 0.3 is 0 Å². The maximum absolute atomic E-state index is 12.0. The molecule has 0 bridgehead atoms. The zero-order valence-corrected chi connectivity index (χ0v) is 15.3. The Hall–Kier alpha value is -2.93. The van der Waals surface area contributed by atoms with Crippen LogP contribution in [-0.4, -0.2) is 36.0 Å². The van der Waals surface area contributed by atoms with E-state index in [1.807, 2.05) is 48.5 Å². The molecule has 2 amide bonds. The lowest BCUT2D eigenvalue weighted by Gasteiger charge is -2.16. The monoisotopic (exact) mass is 370 g/mol. The molecule has 0 saturated heterocycles. The molecule has 1 heterocycles. The Kier molecular flexibility index (Phi) is 8.79. The molecule has 1 aromatic heterocycles. The molecule has 0 unspecified atom stereocenters. The third-order valence-electron chi connectivity index (χ3n) is 3.88. The summed E-state index contributed by atoms with van der Waals surface area (Å²) in [7, 11) is 0. The standard InChI is InChI=1S/C20H26N4O3/c21-20(26)17(15-27-14-16-8-2-1-3-9-16)24-19(25)11-5-7-13-23-18-10-4-6-12-22-18/h1-4,6,8-10,12,17H,5,7,11,13-15H2,(H2,21,26)(H,22,23)(H,24,25)/t17-/m0/s1. The Morgan fingerprint density at radius 2 is 1.85 bits per heavy atom. The van der Waals surface area contributed by atoms with Crippen LogP contribution in [0.5, 0.6) is 0 Å². The quantitative estimate of drug-likeness (QED) is 0.494. The fourth-order valence-corrected chi connectivity index (χ4v) is 2.42. The van der Waals surface area contributed by atoms with E-state index in [1.165, 1.54) is 0 Å². The van der Waals surface area contributed by atoms with E-state index in [0.29, 0.717) is 19.4 Å². The smallest absolute Gasteiger partial charge is 0.242 e. The van der Waals surface area contributed by atoms with Gasteiger partial charge in [0.2, 0.25) is 11.8 Å². The van der Waals surface area contributed by atoms with Crippen LogP contribution in [0.25, 0.3) is 0 Å². The lowest BCUT2D eigenvalue weighted by Crippen LogP contribution is -2.47. The molecule has 0 radical (unpaired) electrons. The molecule has 1 atom stereocenters. The summed E-state index contributed by atoms with van der Waals surface area (Å²) in [6.45, 7) is 1.14. The normalized spacial score (nSPS) is 11.6. The first-order valence-electron chi connectivity index (χ1n) is 9.00. The van der Waals surface area contributed by atoms with E-state index in [2.05, 4.69) is 15.6 Å². The van der Waals surface area contributed by atoms with E-state index >= 15 is 0 Å². The number of carbonyl (C=O) groups excluding carboxylic acids is 2. The topological polar surface area (TPSA) is 106 Å². The van der Waals surface area contributed by atoms with Crippen LogP contribution >= 0.6 is 0 Å². The first-order valence-corrected chi connectivity index (χ1v) is 9.00. The van der Waals surface area contributed by atoms with Gasteiger partial charge in [-0.1, -0.05) is 36.4 Å². The Morgan fingerprint density at radius 3 is 2.56 bits per heavy atom. The number of unbranched alkanes of at least 4 members (excludes halogenated alkanes) is 1. The molecule has 0 fully saturated rings. The van der Waals surface area contributed by atoms with Crippen LogP contribution in [0.1, 0.15) is 24.8 Å². The highest BCUT2D eigenvalue weighted by atomic mass is 16.5. The highest BCUT2D eigenvalue weighted by Crippen LogP contribution is 2.03. The van der Waals surface area contributed by atoms with Crippen LogP contribution in [0.15, 0.2) is 54.7 Å². The first-order chi connectivity index (χ1) is 13.1. The van der Waals surface area contributed by atoms with Crippen molar-refractivity contribution in [1.82, 2.24) is 10.3 Å². The number of hydrogen-bond donors (Lipinski definition) is 3. The van der Waals surface area contributed by atoms with Gasteiger partial charge in [-0.3, -0.25) is 9.59 Å². The molecule has 27 heavy (non-hydrogen) atoms. The molecule has 0 spiro atoms. The summed E-state index contributed by atoms with van der Waals surface area (Å²) >= 11 is 0. The zero-order chi connectivity index (χ0) is 19.3. The molecule has 4 N–H and O–H groups in total. The number of rotatable bonds is 12. The van der Waals surface area contributed by atoms with Gasteiger partial charge in [-0.2, -0.15) is 0 Å². The van der Waals surface area contributed by atoms with Crippen molar-refractivity contribution >= 4 is 17.6 Å². The number of anilines is 1. The number of aromatic nitrogens is 1. The van der Waals surface area contributed by atoms with Crippen molar-refractivity contribution in [3.8, 4) is 0 Å². The minimum absolute atomic E-state index is 0.0528. The van der Waals surface area contributed by atoms with Gasteiger partial charge in [0.1, 0.15) is 11.9 Å². The second kappa shape index (κ2) is 11.6. The highest BCUT2D eigenvalue weighted by Gasteiger charge is 2.18. The molecule has 0 aliphatic carbocycles. The Morgan fingerprint density at radius 1 is 1.07 bits per heavy atom. The van der Waals surface area contributed by atoms with Crippen molar-refractivity contribution in [1.29, 1.82) is 0 Å². The average molecular weight is 370 g/mol. The van der Waals surface area contributed by atoms with Gasteiger partial charge in [-0.05, 0) is 30.5 Å². The summed E-state index contributed by atoms with van der Waals surface area (Å²) in [5.74, 6) is -0.000476. The Labute approximate surface area is 159 Å². The second-order valence-corrected chi connectivity index (χ2v) is 6.12. The van der Waals surface area contributed by atoms with Crippen molar-refractivity contribution in [2.45, 2.75) is 31.9 Å². The number of carbonyl (C=O) groups is 2. The molecule has 144 valence electrons. The van der Waals surface area contributed by atoms with Crippen LogP contribution in [-0.2, 0) is 20.9 Å². The van der Waals surface area contributed by atoms with E-state index in [9.17, 15) is 9.59 Å². The summed E-state index contributed by atoms with van der Waals surface area (Å²) in [6.07, 6.45) is 3.56.